The van der Waals surface area contributed by atoms with Crippen molar-refractivity contribution in [2.45, 2.75) is 24.0 Å². The van der Waals surface area contributed by atoms with Crippen LogP contribution in [0.2, 0.25) is 0 Å². The maximum Gasteiger partial charge on any atom is 0.251 e. The Bertz CT molecular complexity index is 1390. The van der Waals surface area contributed by atoms with Gasteiger partial charge in [0, 0.05) is 36.5 Å². The molecule has 0 aliphatic carbocycles. The lowest BCUT2D eigenvalue weighted by atomic mass is 10.1. The summed E-state index contributed by atoms with van der Waals surface area (Å²) in [7, 11) is 0. The topological polar surface area (TPSA) is 72.7 Å². The lowest BCUT2D eigenvalue weighted by molar-refractivity contribution is 0.0951. The molecule has 0 aliphatic heterocycles. The van der Waals surface area contributed by atoms with Crippen molar-refractivity contribution in [2.75, 3.05) is 0 Å². The van der Waals surface area contributed by atoms with Gasteiger partial charge in [0.1, 0.15) is 0 Å². The Morgan fingerprint density at radius 2 is 1.62 bits per heavy atom. The molecule has 3 heterocycles. The van der Waals surface area contributed by atoms with Gasteiger partial charge in [0.2, 0.25) is 0 Å². The van der Waals surface area contributed by atoms with Gasteiger partial charge in [-0.1, -0.05) is 60.3 Å². The molecular formula is C27H23N5OS. The van der Waals surface area contributed by atoms with Crippen LogP contribution in [0.25, 0.3) is 11.0 Å². The number of carbonyl (C=O) groups is 1. The second kappa shape index (κ2) is 10.3. The number of rotatable bonds is 8. The number of amides is 1. The summed E-state index contributed by atoms with van der Waals surface area (Å²) in [6.45, 7) is 1.10. The molecule has 34 heavy (non-hydrogen) atoms. The summed E-state index contributed by atoms with van der Waals surface area (Å²) in [6.07, 6.45) is 7.09. The number of thioether (sulfide) groups is 1. The Labute approximate surface area is 202 Å². The molecule has 3 aromatic heterocycles. The fourth-order valence-electron chi connectivity index (χ4n) is 3.66. The number of imidazole rings is 1. The molecule has 0 fully saturated rings. The van der Waals surface area contributed by atoms with Gasteiger partial charge in [-0.3, -0.25) is 14.8 Å². The zero-order valence-corrected chi connectivity index (χ0v) is 19.3. The fraction of sp³-hybridized carbons (Fsp3) is 0.111. The number of carbonyl (C=O) groups excluding carboxylic acids is 1. The molecule has 0 aliphatic rings. The van der Waals surface area contributed by atoms with E-state index in [0.717, 1.165) is 33.1 Å². The molecular weight excluding hydrogens is 442 g/mol. The van der Waals surface area contributed by atoms with Crippen LogP contribution in [0.1, 0.15) is 27.0 Å². The predicted molar refractivity (Wildman–Crippen MR) is 134 cm³/mol. The smallest absolute Gasteiger partial charge is 0.251 e. The maximum absolute atomic E-state index is 12.5. The summed E-state index contributed by atoms with van der Waals surface area (Å²) < 4.78 is 2.19. The van der Waals surface area contributed by atoms with Crippen LogP contribution in [-0.4, -0.2) is 25.4 Å². The normalized spacial score (nSPS) is 10.9. The highest BCUT2D eigenvalue weighted by molar-refractivity contribution is 7.98. The summed E-state index contributed by atoms with van der Waals surface area (Å²) in [6, 6.07) is 23.8. The Kier molecular flexibility index (Phi) is 6.63. The van der Waals surface area contributed by atoms with Crippen LogP contribution >= 0.6 is 11.8 Å². The van der Waals surface area contributed by atoms with Crippen molar-refractivity contribution < 1.29 is 4.79 Å². The lowest BCUT2D eigenvalue weighted by Gasteiger charge is -2.10. The van der Waals surface area contributed by atoms with Crippen LogP contribution in [0.3, 0.4) is 0 Å². The van der Waals surface area contributed by atoms with Crippen molar-refractivity contribution in [2.24, 2.45) is 0 Å². The van der Waals surface area contributed by atoms with Gasteiger partial charge >= 0.3 is 0 Å². The van der Waals surface area contributed by atoms with Gasteiger partial charge in [0.15, 0.2) is 5.16 Å². The first-order valence-corrected chi connectivity index (χ1v) is 12.0. The first-order valence-electron chi connectivity index (χ1n) is 11.0. The molecule has 0 unspecified atom stereocenters. The van der Waals surface area contributed by atoms with E-state index in [9.17, 15) is 4.79 Å². The van der Waals surface area contributed by atoms with Crippen molar-refractivity contribution >= 4 is 28.7 Å². The third kappa shape index (κ3) is 5.15. The molecule has 1 N–H and O–H groups in total. The molecule has 7 heteroatoms. The number of nitrogens with zero attached hydrogens (tertiary/aromatic N) is 4. The number of hydrogen-bond acceptors (Lipinski definition) is 5. The largest absolute Gasteiger partial charge is 0.348 e. The number of hydrogen-bond donors (Lipinski definition) is 1. The highest BCUT2D eigenvalue weighted by Crippen LogP contribution is 2.27. The molecule has 1 amide bonds. The minimum absolute atomic E-state index is 0.105. The van der Waals surface area contributed by atoms with Crippen LogP contribution in [0.5, 0.6) is 0 Å². The van der Waals surface area contributed by atoms with E-state index in [1.807, 2.05) is 54.7 Å². The molecule has 0 radical (unpaired) electrons. The molecule has 0 atom stereocenters. The summed E-state index contributed by atoms with van der Waals surface area (Å²) >= 11 is 1.71. The molecule has 5 aromatic rings. The summed E-state index contributed by atoms with van der Waals surface area (Å²) in [5.74, 6) is 0.736. The standard InChI is InChI=1S/C27H23N5OS/c33-26(30-16-22-7-4-13-28-15-22)23-10-8-20(9-11-23)18-32-25-17-29-14-12-24(25)31-27(32)34-19-21-5-2-1-3-6-21/h1-15,17H,16,18-19H2,(H,30,33). The van der Waals surface area contributed by atoms with Gasteiger partial charge in [-0.25, -0.2) is 4.98 Å². The van der Waals surface area contributed by atoms with Gasteiger partial charge in [-0.15, -0.1) is 0 Å². The number of aromatic nitrogens is 4. The first kappa shape index (κ1) is 21.9. The van der Waals surface area contributed by atoms with Crippen molar-refractivity contribution in [1.29, 1.82) is 0 Å². The van der Waals surface area contributed by atoms with Gasteiger partial charge < -0.3 is 9.88 Å². The molecule has 0 spiro atoms. The van der Waals surface area contributed by atoms with E-state index in [-0.39, 0.29) is 5.91 Å². The molecule has 6 nitrogen and oxygen atoms in total. The lowest BCUT2D eigenvalue weighted by Crippen LogP contribution is -2.22. The second-order valence-corrected chi connectivity index (χ2v) is 8.80. The van der Waals surface area contributed by atoms with Crippen molar-refractivity contribution in [3.8, 4) is 0 Å². The van der Waals surface area contributed by atoms with Crippen LogP contribution in [0.4, 0.5) is 0 Å². The highest BCUT2D eigenvalue weighted by Gasteiger charge is 2.13. The van der Waals surface area contributed by atoms with Crippen molar-refractivity contribution in [3.63, 3.8) is 0 Å². The number of benzene rings is 2. The molecule has 0 saturated heterocycles. The van der Waals surface area contributed by atoms with Crippen LogP contribution in [-0.2, 0) is 18.8 Å². The summed E-state index contributed by atoms with van der Waals surface area (Å²) in [4.78, 5) is 25.8. The quantitative estimate of drug-likeness (QED) is 0.323. The van der Waals surface area contributed by atoms with E-state index in [4.69, 9.17) is 4.98 Å². The minimum Gasteiger partial charge on any atom is -0.348 e. The van der Waals surface area contributed by atoms with Crippen LogP contribution in [0.15, 0.2) is 103 Å². The van der Waals surface area contributed by atoms with E-state index >= 15 is 0 Å². The maximum atomic E-state index is 12.5. The Balaban J connectivity index is 1.31. The van der Waals surface area contributed by atoms with Crippen molar-refractivity contribution in [3.05, 3.63) is 120 Å². The molecule has 2 aromatic carbocycles. The zero-order valence-electron chi connectivity index (χ0n) is 18.5. The van der Waals surface area contributed by atoms with Gasteiger partial charge in [0.05, 0.1) is 23.8 Å². The van der Waals surface area contributed by atoms with Crippen LogP contribution in [0, 0.1) is 0 Å². The molecule has 0 bridgehead atoms. The molecule has 0 saturated carbocycles. The number of fused-ring (bicyclic) bond motifs is 1. The van der Waals surface area contributed by atoms with E-state index < -0.39 is 0 Å². The Morgan fingerprint density at radius 1 is 0.824 bits per heavy atom. The molecule has 5 rings (SSSR count). The van der Waals surface area contributed by atoms with Crippen molar-refractivity contribution in [1.82, 2.24) is 24.8 Å². The van der Waals surface area contributed by atoms with E-state index in [1.54, 1.807) is 30.4 Å². The van der Waals surface area contributed by atoms with E-state index in [2.05, 4.69) is 44.1 Å². The van der Waals surface area contributed by atoms with Gasteiger partial charge in [-0.05, 0) is 41.0 Å². The highest BCUT2D eigenvalue weighted by atomic mass is 32.2. The number of nitrogens with one attached hydrogen (secondary N) is 1. The average molecular weight is 466 g/mol. The Hall–Kier alpha value is -3.97. The van der Waals surface area contributed by atoms with E-state index in [1.165, 1.54) is 5.56 Å². The third-order valence-corrected chi connectivity index (χ3v) is 6.51. The van der Waals surface area contributed by atoms with Gasteiger partial charge in [-0.2, -0.15) is 0 Å². The fourth-order valence-corrected chi connectivity index (χ4v) is 4.63. The second-order valence-electron chi connectivity index (χ2n) is 7.86. The predicted octanol–water partition coefficient (Wildman–Crippen LogP) is 5.10. The van der Waals surface area contributed by atoms with Crippen LogP contribution < -0.4 is 5.32 Å². The summed E-state index contributed by atoms with van der Waals surface area (Å²) in [5.41, 5.74) is 5.87. The summed E-state index contributed by atoms with van der Waals surface area (Å²) in [5, 5.41) is 3.89. The Morgan fingerprint density at radius 3 is 2.41 bits per heavy atom. The number of pyridine rings is 2. The van der Waals surface area contributed by atoms with Gasteiger partial charge in [0.25, 0.3) is 5.91 Å². The van der Waals surface area contributed by atoms with E-state index in [0.29, 0.717) is 18.7 Å². The minimum atomic E-state index is -0.105. The third-order valence-electron chi connectivity index (χ3n) is 5.46. The SMILES string of the molecule is O=C(NCc1cccnc1)c1ccc(Cn2c(SCc3ccccc3)nc3ccncc32)cc1. The zero-order chi connectivity index (χ0) is 23.2. The average Bonchev–Trinajstić information content (AvgIpc) is 3.25. The first-order chi connectivity index (χ1) is 16.8. The monoisotopic (exact) mass is 465 g/mol. The molecule has 168 valence electrons.